The predicted molar refractivity (Wildman–Crippen MR) is 89.1 cm³/mol. The summed E-state index contributed by atoms with van der Waals surface area (Å²) in [6.45, 7) is 0. The van der Waals surface area contributed by atoms with E-state index in [4.69, 9.17) is 23.2 Å². The lowest BCUT2D eigenvalue weighted by atomic mass is 10.3. The first-order chi connectivity index (χ1) is 10.1. The second-order valence-electron chi connectivity index (χ2n) is 4.03. The summed E-state index contributed by atoms with van der Waals surface area (Å²) in [6.07, 6.45) is 0. The molecule has 2 aromatic rings. The molecule has 1 amide bonds. The Morgan fingerprint density at radius 2 is 1.71 bits per heavy atom. The van der Waals surface area contributed by atoms with Crippen molar-refractivity contribution in [3.05, 3.63) is 52.0 Å². The highest BCUT2D eigenvalue weighted by molar-refractivity contribution is 9.10. The van der Waals surface area contributed by atoms with Gasteiger partial charge in [0.1, 0.15) is 5.88 Å². The van der Waals surface area contributed by atoms with Crippen LogP contribution >= 0.6 is 39.1 Å². The van der Waals surface area contributed by atoms with Crippen molar-refractivity contribution in [1.29, 1.82) is 0 Å². The van der Waals surface area contributed by atoms with E-state index >= 15 is 0 Å². The van der Waals surface area contributed by atoms with E-state index in [1.165, 1.54) is 0 Å². The molecule has 2 rings (SSSR count). The molecule has 4 nitrogen and oxygen atoms in total. The number of hydrogen-bond donors (Lipinski definition) is 1. The van der Waals surface area contributed by atoms with Gasteiger partial charge in [-0.2, -0.15) is 10.2 Å². The van der Waals surface area contributed by atoms with E-state index in [1.54, 1.807) is 42.5 Å². The lowest BCUT2D eigenvalue weighted by Gasteiger charge is -2.02. The highest BCUT2D eigenvalue weighted by atomic mass is 79.9. The maximum absolute atomic E-state index is 11.1. The number of halogens is 3. The Morgan fingerprint density at radius 1 is 1.10 bits per heavy atom. The van der Waals surface area contributed by atoms with Gasteiger partial charge >= 0.3 is 0 Å². The van der Waals surface area contributed by atoms with E-state index in [0.717, 1.165) is 4.47 Å². The molecule has 0 radical (unpaired) electrons. The fraction of sp³-hybridized carbons (Fsp3) is 0.0714. The van der Waals surface area contributed by atoms with Gasteiger partial charge < -0.3 is 5.32 Å². The smallest absolute Gasteiger partial charge is 0.239 e. The number of benzene rings is 2. The summed E-state index contributed by atoms with van der Waals surface area (Å²) in [5.41, 5.74) is 2.02. The molecule has 0 aromatic heterocycles. The molecule has 0 heterocycles. The van der Waals surface area contributed by atoms with Crippen molar-refractivity contribution in [2.24, 2.45) is 10.2 Å². The third-order valence-electron chi connectivity index (χ3n) is 2.46. The highest BCUT2D eigenvalue weighted by Crippen LogP contribution is 2.28. The lowest BCUT2D eigenvalue weighted by molar-refractivity contribution is -0.113. The zero-order valence-corrected chi connectivity index (χ0v) is 13.8. The van der Waals surface area contributed by atoms with Crippen molar-refractivity contribution < 1.29 is 4.79 Å². The van der Waals surface area contributed by atoms with Crippen molar-refractivity contribution in [3.8, 4) is 0 Å². The SMILES string of the molecule is O=C(CCl)Nc1ccc(N=Nc2ccc(Cl)c(Br)c2)cc1. The molecule has 7 heteroatoms. The van der Waals surface area contributed by atoms with Gasteiger partial charge in [-0.1, -0.05) is 11.6 Å². The van der Waals surface area contributed by atoms with Gasteiger partial charge in [0.05, 0.1) is 16.4 Å². The second-order valence-corrected chi connectivity index (χ2v) is 5.56. The fourth-order valence-corrected chi connectivity index (χ4v) is 2.02. The number of carbonyl (C=O) groups excluding carboxylic acids is 1. The molecule has 0 saturated carbocycles. The van der Waals surface area contributed by atoms with Crippen LogP contribution in [0.5, 0.6) is 0 Å². The van der Waals surface area contributed by atoms with E-state index in [-0.39, 0.29) is 11.8 Å². The predicted octanol–water partition coefficient (Wildman–Crippen LogP) is 5.70. The molecule has 2 aromatic carbocycles. The van der Waals surface area contributed by atoms with Crippen LogP contribution in [0.3, 0.4) is 0 Å². The van der Waals surface area contributed by atoms with E-state index in [0.29, 0.717) is 22.1 Å². The molecule has 0 aliphatic heterocycles. The summed E-state index contributed by atoms with van der Waals surface area (Å²) >= 11 is 14.6. The molecule has 108 valence electrons. The standard InChI is InChI=1S/C14H10BrCl2N3O/c15-12-7-11(5-6-13(12)17)20-19-10-3-1-9(2-4-10)18-14(21)8-16/h1-7H,8H2,(H,18,21). The van der Waals surface area contributed by atoms with Crippen molar-refractivity contribution in [2.75, 3.05) is 11.2 Å². The quantitative estimate of drug-likeness (QED) is 0.532. The number of amides is 1. The number of azo groups is 1. The summed E-state index contributed by atoms with van der Waals surface area (Å²) in [7, 11) is 0. The van der Waals surface area contributed by atoms with Gasteiger partial charge in [0.2, 0.25) is 5.91 Å². The van der Waals surface area contributed by atoms with Crippen LogP contribution in [0.1, 0.15) is 0 Å². The monoisotopic (exact) mass is 385 g/mol. The average Bonchev–Trinajstić information content (AvgIpc) is 2.50. The van der Waals surface area contributed by atoms with Crippen LogP contribution < -0.4 is 5.32 Å². The topological polar surface area (TPSA) is 53.8 Å². The number of carbonyl (C=O) groups is 1. The first-order valence-corrected chi connectivity index (χ1v) is 7.62. The molecule has 0 aliphatic rings. The molecule has 0 bridgehead atoms. The van der Waals surface area contributed by atoms with Crippen LogP contribution in [-0.2, 0) is 4.79 Å². The van der Waals surface area contributed by atoms with E-state index in [9.17, 15) is 4.79 Å². The van der Waals surface area contributed by atoms with E-state index in [1.807, 2.05) is 0 Å². The molecule has 0 fully saturated rings. The Kier molecular flexibility index (Phi) is 5.73. The van der Waals surface area contributed by atoms with Gasteiger partial charge in [0.25, 0.3) is 0 Å². The minimum atomic E-state index is -0.253. The zero-order chi connectivity index (χ0) is 15.2. The summed E-state index contributed by atoms with van der Waals surface area (Å²) < 4.78 is 0.764. The van der Waals surface area contributed by atoms with Crippen LogP contribution in [0, 0.1) is 0 Å². The molecule has 0 saturated heterocycles. The van der Waals surface area contributed by atoms with Gasteiger partial charge in [0.15, 0.2) is 0 Å². The van der Waals surface area contributed by atoms with Crippen molar-refractivity contribution in [3.63, 3.8) is 0 Å². The molecule has 0 spiro atoms. The Balaban J connectivity index is 2.07. The Bertz CT molecular complexity index is 674. The number of anilines is 1. The van der Waals surface area contributed by atoms with Crippen LogP contribution in [0.15, 0.2) is 57.2 Å². The number of rotatable bonds is 4. The number of nitrogens with one attached hydrogen (secondary N) is 1. The summed E-state index contributed by atoms with van der Waals surface area (Å²) in [4.78, 5) is 11.1. The number of alkyl halides is 1. The average molecular weight is 387 g/mol. The summed E-state index contributed by atoms with van der Waals surface area (Å²) in [6, 6.07) is 12.3. The summed E-state index contributed by atoms with van der Waals surface area (Å²) in [5, 5.41) is 11.5. The van der Waals surface area contributed by atoms with Gasteiger partial charge in [-0.3, -0.25) is 4.79 Å². The van der Waals surface area contributed by atoms with Crippen LogP contribution in [0.4, 0.5) is 17.1 Å². The Labute approximate surface area is 140 Å². The number of hydrogen-bond acceptors (Lipinski definition) is 3. The Morgan fingerprint density at radius 3 is 2.33 bits per heavy atom. The first kappa shape index (κ1) is 15.9. The minimum absolute atomic E-state index is 0.0765. The lowest BCUT2D eigenvalue weighted by Crippen LogP contribution is -2.12. The zero-order valence-electron chi connectivity index (χ0n) is 10.7. The molecular weight excluding hydrogens is 377 g/mol. The normalized spacial score (nSPS) is 10.8. The number of nitrogens with zero attached hydrogens (tertiary/aromatic N) is 2. The molecule has 21 heavy (non-hydrogen) atoms. The second kappa shape index (κ2) is 7.54. The summed E-state index contributed by atoms with van der Waals surface area (Å²) in [5.74, 6) is -0.329. The first-order valence-electron chi connectivity index (χ1n) is 5.91. The Hall–Kier alpha value is -1.43. The van der Waals surface area contributed by atoms with Crippen molar-refractivity contribution in [2.45, 2.75) is 0 Å². The molecular formula is C14H10BrCl2N3O. The van der Waals surface area contributed by atoms with Crippen LogP contribution in [0.2, 0.25) is 5.02 Å². The molecule has 0 aliphatic carbocycles. The van der Waals surface area contributed by atoms with Crippen molar-refractivity contribution >= 4 is 62.1 Å². The third-order valence-corrected chi connectivity index (χ3v) is 3.91. The minimum Gasteiger partial charge on any atom is -0.325 e. The van der Waals surface area contributed by atoms with Gasteiger partial charge in [-0.25, -0.2) is 0 Å². The largest absolute Gasteiger partial charge is 0.325 e. The highest BCUT2D eigenvalue weighted by Gasteiger charge is 2.00. The maximum atomic E-state index is 11.1. The van der Waals surface area contributed by atoms with Crippen molar-refractivity contribution in [1.82, 2.24) is 0 Å². The molecule has 1 N–H and O–H groups in total. The van der Waals surface area contributed by atoms with Gasteiger partial charge in [-0.15, -0.1) is 11.6 Å². The molecule has 0 unspecified atom stereocenters. The van der Waals surface area contributed by atoms with Gasteiger partial charge in [-0.05, 0) is 58.4 Å². The maximum Gasteiger partial charge on any atom is 0.239 e. The van der Waals surface area contributed by atoms with E-state index < -0.39 is 0 Å². The van der Waals surface area contributed by atoms with Crippen LogP contribution in [0.25, 0.3) is 0 Å². The van der Waals surface area contributed by atoms with E-state index in [2.05, 4.69) is 31.5 Å². The molecule has 0 atom stereocenters. The third kappa shape index (κ3) is 4.81. The fourth-order valence-electron chi connectivity index (χ4n) is 1.47. The van der Waals surface area contributed by atoms with Crippen LogP contribution in [-0.4, -0.2) is 11.8 Å². The van der Waals surface area contributed by atoms with Gasteiger partial charge in [0, 0.05) is 10.2 Å².